The van der Waals surface area contributed by atoms with Crippen LogP contribution in [0.4, 0.5) is 17.6 Å². The van der Waals surface area contributed by atoms with Gasteiger partial charge in [-0.15, -0.1) is 0 Å². The molecule has 0 radical (unpaired) electrons. The average molecular weight is 523 g/mol. The molecule has 2 aromatic rings. The van der Waals surface area contributed by atoms with Crippen molar-refractivity contribution in [3.8, 4) is 0 Å². The molecule has 2 unspecified atom stereocenters. The number of rotatable bonds is 6. The number of aromatic nitrogens is 2. The van der Waals surface area contributed by atoms with Crippen LogP contribution in [-0.2, 0) is 10.2 Å². The molecule has 7 nitrogen and oxygen atoms in total. The maximum Gasteiger partial charge on any atom is 0.232 e. The Labute approximate surface area is 227 Å². The summed E-state index contributed by atoms with van der Waals surface area (Å²) in [6.07, 6.45) is 6.92. The van der Waals surface area contributed by atoms with Gasteiger partial charge in [-0.25, -0.2) is 0 Å². The first-order valence-electron chi connectivity index (χ1n) is 14.1. The van der Waals surface area contributed by atoms with E-state index in [1.807, 2.05) is 0 Å². The number of ether oxygens (including phenoxy) is 1. The van der Waals surface area contributed by atoms with Crippen molar-refractivity contribution < 1.29 is 4.74 Å². The molecule has 37 heavy (non-hydrogen) atoms. The van der Waals surface area contributed by atoms with Gasteiger partial charge < -0.3 is 25.2 Å². The summed E-state index contributed by atoms with van der Waals surface area (Å²) in [6, 6.07) is 12.9. The van der Waals surface area contributed by atoms with Crippen LogP contribution < -0.4 is 20.4 Å². The largest absolute Gasteiger partial charge is 0.381 e. The molecular formula is C29H42N6OS. The summed E-state index contributed by atoms with van der Waals surface area (Å²) in [5.74, 6) is 3.95. The fraction of sp³-hybridized carbons (Fsp3) is 0.621. The van der Waals surface area contributed by atoms with Crippen LogP contribution in [0.25, 0.3) is 0 Å². The van der Waals surface area contributed by atoms with Crippen LogP contribution in [0.5, 0.6) is 0 Å². The van der Waals surface area contributed by atoms with Gasteiger partial charge in [-0.2, -0.15) is 9.97 Å². The van der Waals surface area contributed by atoms with Crippen molar-refractivity contribution in [2.24, 2.45) is 11.8 Å². The lowest BCUT2D eigenvalue weighted by molar-refractivity contribution is 0.0515. The number of thiocarbonyl (C=S) groups is 1. The van der Waals surface area contributed by atoms with Gasteiger partial charge in [0, 0.05) is 57.4 Å². The van der Waals surface area contributed by atoms with Crippen molar-refractivity contribution >= 4 is 34.9 Å². The SMILES string of the molecule is CC1CCCN(c2cc(N3CCCC(C)C3)nc(NC(=S)NCC3(c4ccccc4)CCOCC3)n2)C1. The average Bonchev–Trinajstić information content (AvgIpc) is 2.93. The summed E-state index contributed by atoms with van der Waals surface area (Å²) in [7, 11) is 0. The summed E-state index contributed by atoms with van der Waals surface area (Å²) in [4.78, 5) is 14.7. The highest BCUT2D eigenvalue weighted by atomic mass is 32.1. The molecular weight excluding hydrogens is 480 g/mol. The van der Waals surface area contributed by atoms with Crippen molar-refractivity contribution in [3.63, 3.8) is 0 Å². The highest BCUT2D eigenvalue weighted by Gasteiger charge is 2.34. The molecule has 3 fully saturated rings. The molecule has 0 aliphatic carbocycles. The normalized spacial score (nSPS) is 23.9. The number of piperidine rings is 2. The van der Waals surface area contributed by atoms with Gasteiger partial charge in [-0.3, -0.25) is 0 Å². The molecule has 5 rings (SSSR count). The molecule has 1 aromatic heterocycles. The van der Waals surface area contributed by atoms with E-state index in [-0.39, 0.29) is 5.41 Å². The molecule has 3 saturated heterocycles. The Morgan fingerprint density at radius 2 is 1.57 bits per heavy atom. The second-order valence-electron chi connectivity index (χ2n) is 11.4. The van der Waals surface area contributed by atoms with E-state index in [4.69, 9.17) is 26.9 Å². The number of nitrogens with one attached hydrogen (secondary N) is 2. The number of nitrogens with zero attached hydrogens (tertiary/aromatic N) is 4. The van der Waals surface area contributed by atoms with Crippen molar-refractivity contribution in [3.05, 3.63) is 42.0 Å². The molecule has 1 aromatic carbocycles. The predicted molar refractivity (Wildman–Crippen MR) is 156 cm³/mol. The third-order valence-electron chi connectivity index (χ3n) is 8.31. The molecule has 0 bridgehead atoms. The lowest BCUT2D eigenvalue weighted by atomic mass is 9.74. The quantitative estimate of drug-likeness (QED) is 0.515. The maximum atomic E-state index is 5.78. The monoisotopic (exact) mass is 522 g/mol. The summed E-state index contributed by atoms with van der Waals surface area (Å²) < 4.78 is 5.70. The van der Waals surface area contributed by atoms with E-state index in [0.29, 0.717) is 22.9 Å². The summed E-state index contributed by atoms with van der Waals surface area (Å²) >= 11 is 5.78. The second-order valence-corrected chi connectivity index (χ2v) is 11.8. The van der Waals surface area contributed by atoms with Crippen molar-refractivity contribution in [1.29, 1.82) is 0 Å². The third-order valence-corrected chi connectivity index (χ3v) is 8.56. The van der Waals surface area contributed by atoms with Crippen molar-refractivity contribution in [2.45, 2.75) is 57.8 Å². The first-order chi connectivity index (χ1) is 18.0. The van der Waals surface area contributed by atoms with Gasteiger partial charge in [-0.05, 0) is 68.1 Å². The molecule has 3 aliphatic heterocycles. The van der Waals surface area contributed by atoms with E-state index in [9.17, 15) is 0 Å². The van der Waals surface area contributed by atoms with E-state index in [1.165, 1.54) is 31.2 Å². The number of hydrogen-bond acceptors (Lipinski definition) is 6. The standard InChI is InChI=1S/C29H42N6OS/c1-22-8-6-14-34(19-22)25-18-26(35-15-7-9-23(2)20-35)32-27(31-25)33-28(37)30-21-29(12-16-36-17-13-29)24-10-4-3-5-11-24/h3-5,10-11,18,22-23H,6-9,12-17,19-21H2,1-2H3,(H2,30,31,32,33,37). The highest BCUT2D eigenvalue weighted by Crippen LogP contribution is 2.34. The minimum absolute atomic E-state index is 0.00694. The topological polar surface area (TPSA) is 65.5 Å². The second kappa shape index (κ2) is 11.9. The van der Waals surface area contributed by atoms with Crippen LogP contribution in [-0.4, -0.2) is 61.0 Å². The van der Waals surface area contributed by atoms with E-state index in [2.05, 4.69) is 70.7 Å². The predicted octanol–water partition coefficient (Wildman–Crippen LogP) is 4.98. The Hall–Kier alpha value is -2.45. The number of anilines is 3. The molecule has 0 amide bonds. The summed E-state index contributed by atoms with van der Waals surface area (Å²) in [5, 5.41) is 7.43. The number of hydrogen-bond donors (Lipinski definition) is 2. The lowest BCUT2D eigenvalue weighted by Gasteiger charge is -2.38. The van der Waals surface area contributed by atoms with Crippen molar-refractivity contribution in [1.82, 2.24) is 15.3 Å². The first-order valence-corrected chi connectivity index (χ1v) is 14.5. The van der Waals surface area contributed by atoms with Crippen LogP contribution >= 0.6 is 12.2 Å². The molecule has 4 heterocycles. The van der Waals surface area contributed by atoms with E-state index in [1.54, 1.807) is 0 Å². The third kappa shape index (κ3) is 6.52. The van der Waals surface area contributed by atoms with Gasteiger partial charge in [0.25, 0.3) is 0 Å². The molecule has 0 spiro atoms. The number of benzene rings is 1. The Bertz CT molecular complexity index is 1000. The minimum Gasteiger partial charge on any atom is -0.381 e. The van der Waals surface area contributed by atoms with Gasteiger partial charge in [0.1, 0.15) is 11.6 Å². The summed E-state index contributed by atoms with van der Waals surface area (Å²) in [5.41, 5.74) is 1.35. The molecule has 200 valence electrons. The minimum atomic E-state index is 0.00694. The molecule has 2 N–H and O–H groups in total. The van der Waals surface area contributed by atoms with Gasteiger partial charge in [-0.1, -0.05) is 44.2 Å². The van der Waals surface area contributed by atoms with Crippen LogP contribution in [0.1, 0.15) is 57.9 Å². The van der Waals surface area contributed by atoms with Crippen molar-refractivity contribution in [2.75, 3.05) is 61.1 Å². The summed E-state index contributed by atoms with van der Waals surface area (Å²) in [6.45, 7) is 11.1. The molecule has 0 saturated carbocycles. The molecule has 8 heteroatoms. The molecule has 2 atom stereocenters. The van der Waals surface area contributed by atoms with Gasteiger partial charge in [0.05, 0.1) is 0 Å². The van der Waals surface area contributed by atoms with Gasteiger partial charge in [0.2, 0.25) is 5.95 Å². The smallest absolute Gasteiger partial charge is 0.232 e. The first kappa shape index (κ1) is 26.2. The zero-order valence-electron chi connectivity index (χ0n) is 22.4. The Morgan fingerprint density at radius 1 is 0.973 bits per heavy atom. The Morgan fingerprint density at radius 3 is 2.14 bits per heavy atom. The van der Waals surface area contributed by atoms with Crippen LogP contribution in [0, 0.1) is 11.8 Å². The Balaban J connectivity index is 1.33. The van der Waals surface area contributed by atoms with E-state index in [0.717, 1.165) is 70.4 Å². The highest BCUT2D eigenvalue weighted by molar-refractivity contribution is 7.80. The fourth-order valence-corrected chi connectivity index (χ4v) is 6.28. The zero-order valence-corrected chi connectivity index (χ0v) is 23.2. The van der Waals surface area contributed by atoms with Crippen LogP contribution in [0.3, 0.4) is 0 Å². The molecule has 3 aliphatic rings. The van der Waals surface area contributed by atoms with E-state index >= 15 is 0 Å². The Kier molecular flexibility index (Phi) is 8.45. The van der Waals surface area contributed by atoms with Crippen LogP contribution in [0.2, 0.25) is 0 Å². The van der Waals surface area contributed by atoms with Gasteiger partial charge >= 0.3 is 0 Å². The maximum absolute atomic E-state index is 5.78. The van der Waals surface area contributed by atoms with E-state index < -0.39 is 0 Å². The van der Waals surface area contributed by atoms with Crippen LogP contribution in [0.15, 0.2) is 36.4 Å². The fourth-order valence-electron chi connectivity index (χ4n) is 6.11. The van der Waals surface area contributed by atoms with Gasteiger partial charge in [0.15, 0.2) is 5.11 Å². The zero-order chi connectivity index (χ0) is 25.7. The lowest BCUT2D eigenvalue weighted by Crippen LogP contribution is -2.45.